The molecule has 2 aliphatic heterocycles. The fraction of sp³-hybridized carbons (Fsp3) is 0.500. The summed E-state index contributed by atoms with van der Waals surface area (Å²) in [4.78, 5) is 25.0. The lowest BCUT2D eigenvalue weighted by Crippen LogP contribution is -2.42. The highest BCUT2D eigenvalue weighted by atomic mass is 16.7. The molecule has 2 aliphatic rings. The van der Waals surface area contributed by atoms with Gasteiger partial charge in [0.15, 0.2) is 6.29 Å². The first kappa shape index (κ1) is 27.2. The van der Waals surface area contributed by atoms with E-state index in [0.717, 1.165) is 36.1 Å². The summed E-state index contributed by atoms with van der Waals surface area (Å²) in [6.07, 6.45) is 2.23. The fourth-order valence-corrected chi connectivity index (χ4v) is 4.98. The van der Waals surface area contributed by atoms with Crippen molar-refractivity contribution in [1.82, 2.24) is 4.90 Å². The van der Waals surface area contributed by atoms with Crippen molar-refractivity contribution < 1.29 is 34.4 Å². The number of nitrogens with one attached hydrogen (secondary N) is 1. The van der Waals surface area contributed by atoms with Crippen molar-refractivity contribution in [3.05, 3.63) is 65.2 Å². The Bertz CT molecular complexity index is 1030. The minimum atomic E-state index is -0.915. The van der Waals surface area contributed by atoms with Crippen LogP contribution < -0.4 is 5.32 Å². The predicted molar refractivity (Wildman–Crippen MR) is 137 cm³/mol. The summed E-state index contributed by atoms with van der Waals surface area (Å²) in [5.41, 5.74) is 3.30. The number of hydrogen-bond donors (Lipinski definition) is 4. The number of nitrogens with zero attached hydrogens (tertiary/aromatic N) is 1. The summed E-state index contributed by atoms with van der Waals surface area (Å²) in [6, 6.07) is 15.2. The average Bonchev–Trinajstić information content (AvgIpc) is 3.35. The van der Waals surface area contributed by atoms with Crippen LogP contribution in [-0.2, 0) is 25.7 Å². The average molecular weight is 513 g/mol. The van der Waals surface area contributed by atoms with E-state index in [9.17, 15) is 19.8 Å². The van der Waals surface area contributed by atoms with Gasteiger partial charge in [0, 0.05) is 43.1 Å². The molecule has 2 aromatic rings. The smallest absolute Gasteiger partial charge is 0.303 e. The molecule has 2 saturated heterocycles. The Hall–Kier alpha value is -2.82. The third kappa shape index (κ3) is 7.59. The van der Waals surface area contributed by atoms with E-state index in [1.165, 1.54) is 0 Å². The Balaban J connectivity index is 1.45. The lowest BCUT2D eigenvalue weighted by molar-refractivity contribution is -0.253. The molecule has 4 atom stereocenters. The molecule has 2 aromatic carbocycles. The lowest BCUT2D eigenvalue weighted by atomic mass is 9.99. The number of carboxylic acid groups (broad SMARTS) is 1. The first-order valence-corrected chi connectivity index (χ1v) is 12.9. The van der Waals surface area contributed by atoms with Gasteiger partial charge in [-0.25, -0.2) is 0 Å². The van der Waals surface area contributed by atoms with Crippen molar-refractivity contribution in [2.24, 2.45) is 0 Å². The van der Waals surface area contributed by atoms with Crippen molar-refractivity contribution in [3.63, 3.8) is 0 Å². The van der Waals surface area contributed by atoms with Crippen LogP contribution in [0.3, 0.4) is 0 Å². The SMILES string of the molecule is O=C(O)CCCC(=O)Nc1ccc([C@@H]2O[C@H](CN3CCC[C@H]3CO)C[C@H](c3ccc(CO)cc3)O2)cc1. The molecule has 0 aromatic heterocycles. The van der Waals surface area contributed by atoms with Crippen molar-refractivity contribution in [2.45, 2.75) is 69.7 Å². The van der Waals surface area contributed by atoms with Crippen LogP contribution in [0.5, 0.6) is 0 Å². The molecule has 0 unspecified atom stereocenters. The summed E-state index contributed by atoms with van der Waals surface area (Å²) in [5.74, 6) is -1.14. The van der Waals surface area contributed by atoms with E-state index >= 15 is 0 Å². The largest absolute Gasteiger partial charge is 0.481 e. The second-order valence-corrected chi connectivity index (χ2v) is 9.74. The second kappa shape index (κ2) is 13.1. The Morgan fingerprint density at radius 2 is 1.70 bits per heavy atom. The number of benzene rings is 2. The van der Waals surface area contributed by atoms with Gasteiger partial charge in [-0.3, -0.25) is 14.5 Å². The second-order valence-electron chi connectivity index (χ2n) is 9.74. The van der Waals surface area contributed by atoms with E-state index < -0.39 is 12.3 Å². The molecule has 0 radical (unpaired) electrons. The standard InChI is InChI=1S/C28H36N2O7/c31-17-19-6-8-20(9-7-19)25-15-24(16-30-14-2-3-23(30)18-32)36-28(37-25)21-10-12-22(13-11-21)29-26(33)4-1-5-27(34)35/h6-13,23-25,28,31-32H,1-5,14-18H2,(H,29,33)(H,34,35)/t23-,24-,25+,28+/m0/s1. The van der Waals surface area contributed by atoms with Gasteiger partial charge in [0.2, 0.25) is 5.91 Å². The number of amides is 1. The van der Waals surface area contributed by atoms with Crippen molar-refractivity contribution in [1.29, 1.82) is 0 Å². The van der Waals surface area contributed by atoms with Crippen LogP contribution in [0.4, 0.5) is 5.69 Å². The van der Waals surface area contributed by atoms with Crippen molar-refractivity contribution in [3.8, 4) is 0 Å². The zero-order chi connectivity index (χ0) is 26.2. The highest BCUT2D eigenvalue weighted by Crippen LogP contribution is 2.39. The molecule has 4 N–H and O–H groups in total. The number of aliphatic carboxylic acids is 1. The zero-order valence-electron chi connectivity index (χ0n) is 20.9. The van der Waals surface area contributed by atoms with E-state index in [1.807, 2.05) is 36.4 Å². The number of anilines is 1. The Labute approximate surface area is 217 Å². The van der Waals surface area contributed by atoms with Crippen molar-refractivity contribution >= 4 is 17.6 Å². The van der Waals surface area contributed by atoms with Crippen LogP contribution in [0.2, 0.25) is 0 Å². The van der Waals surface area contributed by atoms with Gasteiger partial charge in [0.05, 0.1) is 25.4 Å². The predicted octanol–water partition coefficient (Wildman–Crippen LogP) is 3.37. The van der Waals surface area contributed by atoms with Crippen LogP contribution in [0.25, 0.3) is 0 Å². The lowest BCUT2D eigenvalue weighted by Gasteiger charge is -2.38. The molecule has 2 heterocycles. The number of carbonyl (C=O) groups excluding carboxylic acids is 1. The summed E-state index contributed by atoms with van der Waals surface area (Å²) < 4.78 is 12.8. The van der Waals surface area contributed by atoms with Crippen LogP contribution >= 0.6 is 0 Å². The van der Waals surface area contributed by atoms with Gasteiger partial charge in [-0.2, -0.15) is 0 Å². The van der Waals surface area contributed by atoms with Gasteiger partial charge in [-0.1, -0.05) is 36.4 Å². The molecule has 0 aliphatic carbocycles. The third-order valence-electron chi connectivity index (χ3n) is 7.02. The maximum atomic E-state index is 12.1. The molecule has 200 valence electrons. The molecular weight excluding hydrogens is 476 g/mol. The van der Waals surface area contributed by atoms with Gasteiger partial charge in [0.1, 0.15) is 0 Å². The minimum Gasteiger partial charge on any atom is -0.481 e. The van der Waals surface area contributed by atoms with Crippen molar-refractivity contribution in [2.75, 3.05) is 25.0 Å². The van der Waals surface area contributed by atoms with E-state index in [4.69, 9.17) is 14.6 Å². The number of carboxylic acids is 1. The summed E-state index contributed by atoms with van der Waals surface area (Å²) in [5, 5.41) is 30.7. The van der Waals surface area contributed by atoms with Gasteiger partial charge in [0.25, 0.3) is 0 Å². The normalized spacial score (nSPS) is 24.2. The van der Waals surface area contributed by atoms with E-state index in [-0.39, 0.29) is 50.2 Å². The molecule has 2 fully saturated rings. The molecule has 0 bridgehead atoms. The number of ether oxygens (including phenoxy) is 2. The number of carbonyl (C=O) groups is 2. The Morgan fingerprint density at radius 1 is 0.973 bits per heavy atom. The molecular formula is C28H36N2O7. The van der Waals surface area contributed by atoms with Crippen LogP contribution in [0, 0.1) is 0 Å². The van der Waals surface area contributed by atoms with E-state index in [2.05, 4.69) is 10.2 Å². The molecule has 0 saturated carbocycles. The van der Waals surface area contributed by atoms with Crippen LogP contribution in [0.1, 0.15) is 67.6 Å². The summed E-state index contributed by atoms with van der Waals surface area (Å²) >= 11 is 0. The number of aliphatic hydroxyl groups excluding tert-OH is 2. The zero-order valence-corrected chi connectivity index (χ0v) is 20.9. The molecule has 9 heteroatoms. The van der Waals surface area contributed by atoms with Gasteiger partial charge in [-0.15, -0.1) is 0 Å². The number of rotatable bonds is 11. The van der Waals surface area contributed by atoms with Crippen LogP contribution in [-0.4, -0.2) is 63.9 Å². The first-order valence-electron chi connectivity index (χ1n) is 12.9. The highest BCUT2D eigenvalue weighted by Gasteiger charge is 2.35. The molecule has 1 amide bonds. The maximum absolute atomic E-state index is 12.1. The molecule has 9 nitrogen and oxygen atoms in total. The van der Waals surface area contributed by atoms with E-state index in [0.29, 0.717) is 25.1 Å². The molecule has 37 heavy (non-hydrogen) atoms. The topological polar surface area (TPSA) is 129 Å². The van der Waals surface area contributed by atoms with Gasteiger partial charge in [-0.05, 0) is 49.1 Å². The Kier molecular flexibility index (Phi) is 9.65. The first-order chi connectivity index (χ1) is 17.9. The minimum absolute atomic E-state index is 0.0138. The van der Waals surface area contributed by atoms with E-state index in [1.54, 1.807) is 12.1 Å². The Morgan fingerprint density at radius 3 is 2.38 bits per heavy atom. The summed E-state index contributed by atoms with van der Waals surface area (Å²) in [6.45, 7) is 1.77. The van der Waals surface area contributed by atoms with Gasteiger partial charge < -0.3 is 30.1 Å². The number of aliphatic hydroxyl groups is 2. The number of likely N-dealkylation sites (tertiary alicyclic amines) is 1. The third-order valence-corrected chi connectivity index (χ3v) is 7.02. The van der Waals surface area contributed by atoms with Crippen LogP contribution in [0.15, 0.2) is 48.5 Å². The molecule has 4 rings (SSSR count). The maximum Gasteiger partial charge on any atom is 0.303 e. The summed E-state index contributed by atoms with van der Waals surface area (Å²) in [7, 11) is 0. The fourth-order valence-electron chi connectivity index (χ4n) is 4.98. The highest BCUT2D eigenvalue weighted by molar-refractivity contribution is 5.90. The monoisotopic (exact) mass is 512 g/mol. The van der Waals surface area contributed by atoms with Gasteiger partial charge >= 0.3 is 5.97 Å². The molecule has 0 spiro atoms. The number of hydrogen-bond acceptors (Lipinski definition) is 7. The quantitative estimate of drug-likeness (QED) is 0.361.